The van der Waals surface area contributed by atoms with E-state index >= 15 is 0 Å². The van der Waals surface area contributed by atoms with Gasteiger partial charge in [-0.05, 0) is 25.1 Å². The molecular weight excluding hydrogens is 240 g/mol. The largest absolute Gasteiger partial charge is 0.490 e. The summed E-state index contributed by atoms with van der Waals surface area (Å²) in [7, 11) is 0. The summed E-state index contributed by atoms with van der Waals surface area (Å²) in [4.78, 5) is 0. The van der Waals surface area contributed by atoms with Crippen LogP contribution in [0.2, 0.25) is 0 Å². The molecule has 3 heteroatoms. The average molecular weight is 258 g/mol. The third-order valence-electron chi connectivity index (χ3n) is 2.72. The summed E-state index contributed by atoms with van der Waals surface area (Å²) in [5, 5.41) is 9.63. The highest BCUT2D eigenvalue weighted by molar-refractivity contribution is 5.34. The molecule has 0 amide bonds. The first kappa shape index (κ1) is 13.4. The van der Waals surface area contributed by atoms with E-state index in [1.54, 1.807) is 6.92 Å². The van der Waals surface area contributed by atoms with Crippen molar-refractivity contribution in [2.75, 3.05) is 13.2 Å². The Morgan fingerprint density at radius 2 is 1.53 bits per heavy atom. The average Bonchev–Trinajstić information content (AvgIpc) is 2.45. The van der Waals surface area contributed by atoms with E-state index in [2.05, 4.69) is 0 Å². The van der Waals surface area contributed by atoms with Gasteiger partial charge >= 0.3 is 0 Å². The van der Waals surface area contributed by atoms with Crippen molar-refractivity contribution in [1.29, 1.82) is 0 Å². The van der Waals surface area contributed by atoms with Gasteiger partial charge in [0, 0.05) is 5.56 Å². The van der Waals surface area contributed by atoms with Gasteiger partial charge in [-0.15, -0.1) is 0 Å². The molecule has 0 radical (unpaired) electrons. The molecule has 2 aromatic rings. The third-order valence-corrected chi connectivity index (χ3v) is 2.72. The molecule has 19 heavy (non-hydrogen) atoms. The highest BCUT2D eigenvalue weighted by atomic mass is 16.5. The molecule has 0 fully saturated rings. The van der Waals surface area contributed by atoms with E-state index in [0.29, 0.717) is 19.0 Å². The van der Waals surface area contributed by atoms with Crippen molar-refractivity contribution in [2.45, 2.75) is 13.0 Å². The normalized spacial score (nSPS) is 11.9. The zero-order valence-electron chi connectivity index (χ0n) is 11.0. The maximum atomic E-state index is 9.63. The van der Waals surface area contributed by atoms with Crippen LogP contribution in [0.15, 0.2) is 54.6 Å². The van der Waals surface area contributed by atoms with Crippen LogP contribution < -0.4 is 9.47 Å². The zero-order chi connectivity index (χ0) is 13.5. The molecular formula is C16H18O3. The minimum absolute atomic E-state index is 0.443. The summed E-state index contributed by atoms with van der Waals surface area (Å²) in [5.74, 6) is 1.53. The second kappa shape index (κ2) is 6.81. The van der Waals surface area contributed by atoms with Crippen LogP contribution >= 0.6 is 0 Å². The summed E-state index contributed by atoms with van der Waals surface area (Å²) in [6, 6.07) is 17.1. The van der Waals surface area contributed by atoms with Crippen LogP contribution in [0.1, 0.15) is 18.6 Å². The number of ether oxygens (including phenoxy) is 2. The molecule has 2 aromatic carbocycles. The van der Waals surface area contributed by atoms with Crippen LogP contribution in [0.3, 0.4) is 0 Å². The summed E-state index contributed by atoms with van der Waals surface area (Å²) in [5.41, 5.74) is 0.794. The Balaban J connectivity index is 1.83. The van der Waals surface area contributed by atoms with Crippen molar-refractivity contribution in [3.63, 3.8) is 0 Å². The maximum absolute atomic E-state index is 9.63. The van der Waals surface area contributed by atoms with Crippen LogP contribution in [-0.2, 0) is 0 Å². The van der Waals surface area contributed by atoms with Crippen molar-refractivity contribution >= 4 is 0 Å². The van der Waals surface area contributed by atoms with Gasteiger partial charge in [0.1, 0.15) is 24.7 Å². The summed E-state index contributed by atoms with van der Waals surface area (Å²) >= 11 is 0. The van der Waals surface area contributed by atoms with Gasteiger partial charge in [0.15, 0.2) is 0 Å². The maximum Gasteiger partial charge on any atom is 0.125 e. The molecule has 0 spiro atoms. The molecule has 0 unspecified atom stereocenters. The van der Waals surface area contributed by atoms with Gasteiger partial charge in [-0.2, -0.15) is 0 Å². The minimum Gasteiger partial charge on any atom is -0.490 e. The predicted octanol–water partition coefficient (Wildman–Crippen LogP) is 3.20. The first-order valence-electron chi connectivity index (χ1n) is 6.35. The Morgan fingerprint density at radius 1 is 0.895 bits per heavy atom. The number of aliphatic hydroxyl groups excluding tert-OH is 1. The molecule has 0 bridgehead atoms. The van der Waals surface area contributed by atoms with Crippen LogP contribution in [0, 0.1) is 0 Å². The van der Waals surface area contributed by atoms with Gasteiger partial charge < -0.3 is 14.6 Å². The highest BCUT2D eigenvalue weighted by Gasteiger charge is 2.07. The lowest BCUT2D eigenvalue weighted by molar-refractivity contribution is 0.182. The van der Waals surface area contributed by atoms with Crippen LogP contribution in [0.5, 0.6) is 11.5 Å². The van der Waals surface area contributed by atoms with Crippen molar-refractivity contribution in [3.8, 4) is 11.5 Å². The number of para-hydroxylation sites is 2. The molecule has 1 atom stereocenters. The van der Waals surface area contributed by atoms with Gasteiger partial charge in [0.05, 0.1) is 6.10 Å². The standard InChI is InChI=1S/C16H18O3/c1-13(17)15-9-5-6-10-16(15)19-12-11-18-14-7-3-2-4-8-14/h2-10,13,17H,11-12H2,1H3/t13-/m0/s1. The zero-order valence-corrected chi connectivity index (χ0v) is 11.0. The molecule has 0 saturated carbocycles. The van der Waals surface area contributed by atoms with Gasteiger partial charge in [-0.3, -0.25) is 0 Å². The van der Waals surface area contributed by atoms with Crippen molar-refractivity contribution < 1.29 is 14.6 Å². The van der Waals surface area contributed by atoms with Crippen molar-refractivity contribution in [1.82, 2.24) is 0 Å². The van der Waals surface area contributed by atoms with Crippen molar-refractivity contribution in [2.24, 2.45) is 0 Å². The van der Waals surface area contributed by atoms with Gasteiger partial charge in [0.25, 0.3) is 0 Å². The number of benzene rings is 2. The second-order valence-corrected chi connectivity index (χ2v) is 4.22. The lowest BCUT2D eigenvalue weighted by Gasteiger charge is -2.13. The van der Waals surface area contributed by atoms with E-state index in [1.807, 2.05) is 54.6 Å². The molecule has 3 nitrogen and oxygen atoms in total. The molecule has 2 rings (SSSR count). The molecule has 0 aromatic heterocycles. The lowest BCUT2D eigenvalue weighted by atomic mass is 10.1. The van der Waals surface area contributed by atoms with E-state index in [4.69, 9.17) is 9.47 Å². The van der Waals surface area contributed by atoms with Gasteiger partial charge in [0.2, 0.25) is 0 Å². The Bertz CT molecular complexity index is 494. The topological polar surface area (TPSA) is 38.7 Å². The van der Waals surface area contributed by atoms with E-state index in [-0.39, 0.29) is 0 Å². The quantitative estimate of drug-likeness (QED) is 0.809. The molecule has 100 valence electrons. The molecule has 0 heterocycles. The fourth-order valence-electron chi connectivity index (χ4n) is 1.78. The molecule has 0 aliphatic rings. The Kier molecular flexibility index (Phi) is 4.81. The Hall–Kier alpha value is -2.00. The fraction of sp³-hybridized carbons (Fsp3) is 0.250. The first-order valence-corrected chi connectivity index (χ1v) is 6.35. The fourth-order valence-corrected chi connectivity index (χ4v) is 1.78. The van der Waals surface area contributed by atoms with Crippen LogP contribution in [-0.4, -0.2) is 18.3 Å². The van der Waals surface area contributed by atoms with Crippen molar-refractivity contribution in [3.05, 3.63) is 60.2 Å². The minimum atomic E-state index is -0.536. The van der Waals surface area contributed by atoms with E-state index in [0.717, 1.165) is 11.3 Å². The highest BCUT2D eigenvalue weighted by Crippen LogP contribution is 2.24. The van der Waals surface area contributed by atoms with E-state index < -0.39 is 6.10 Å². The Morgan fingerprint density at radius 3 is 2.26 bits per heavy atom. The van der Waals surface area contributed by atoms with Gasteiger partial charge in [-0.1, -0.05) is 36.4 Å². The molecule has 0 saturated heterocycles. The summed E-state index contributed by atoms with van der Waals surface area (Å²) in [6.07, 6.45) is -0.536. The number of aliphatic hydroxyl groups is 1. The molecule has 1 N–H and O–H groups in total. The smallest absolute Gasteiger partial charge is 0.125 e. The number of hydrogen-bond donors (Lipinski definition) is 1. The van der Waals surface area contributed by atoms with E-state index in [1.165, 1.54) is 0 Å². The van der Waals surface area contributed by atoms with Crippen LogP contribution in [0.25, 0.3) is 0 Å². The first-order chi connectivity index (χ1) is 9.27. The summed E-state index contributed by atoms with van der Waals surface area (Å²) in [6.45, 7) is 2.64. The lowest BCUT2D eigenvalue weighted by Crippen LogP contribution is -2.10. The third kappa shape index (κ3) is 4.00. The Labute approximate surface area is 113 Å². The monoisotopic (exact) mass is 258 g/mol. The molecule has 0 aliphatic carbocycles. The second-order valence-electron chi connectivity index (χ2n) is 4.22. The predicted molar refractivity (Wildman–Crippen MR) is 74.5 cm³/mol. The van der Waals surface area contributed by atoms with Crippen LogP contribution in [0.4, 0.5) is 0 Å². The van der Waals surface area contributed by atoms with E-state index in [9.17, 15) is 5.11 Å². The van der Waals surface area contributed by atoms with Gasteiger partial charge in [-0.25, -0.2) is 0 Å². The number of hydrogen-bond acceptors (Lipinski definition) is 3. The molecule has 0 aliphatic heterocycles. The summed E-state index contributed by atoms with van der Waals surface area (Å²) < 4.78 is 11.2. The number of rotatable bonds is 6. The SMILES string of the molecule is C[C@H](O)c1ccccc1OCCOc1ccccc1.